The lowest BCUT2D eigenvalue weighted by molar-refractivity contribution is 0.603. The Hall–Kier alpha value is -0.480. The third-order valence-electron chi connectivity index (χ3n) is 2.59. The maximum absolute atomic E-state index is 12.4. The van der Waals surface area contributed by atoms with Gasteiger partial charge in [0.05, 0.1) is 9.47 Å². The first-order valence-electron chi connectivity index (χ1n) is 5.59. The minimum absolute atomic E-state index is 0.123. The molecule has 0 aliphatic heterocycles. The first-order chi connectivity index (χ1) is 9.70. The SMILES string of the molecule is Cc1cc(S(=O)(=O)Nc2ccc(Br)cc2C(N)=S)sc1Br. The Morgan fingerprint density at radius 2 is 2.00 bits per heavy atom. The number of halogens is 2. The van der Waals surface area contributed by atoms with Gasteiger partial charge in [-0.25, -0.2) is 8.42 Å². The Bertz CT molecular complexity index is 796. The highest BCUT2D eigenvalue weighted by Crippen LogP contribution is 2.32. The molecule has 21 heavy (non-hydrogen) atoms. The van der Waals surface area contributed by atoms with E-state index < -0.39 is 10.0 Å². The molecular formula is C12H10Br2N2O2S3. The maximum atomic E-state index is 12.4. The Labute approximate surface area is 149 Å². The van der Waals surface area contributed by atoms with Gasteiger partial charge < -0.3 is 5.73 Å². The summed E-state index contributed by atoms with van der Waals surface area (Å²) >= 11 is 12.7. The van der Waals surface area contributed by atoms with Crippen LogP contribution in [0.25, 0.3) is 0 Å². The molecule has 0 aliphatic rings. The zero-order valence-electron chi connectivity index (χ0n) is 10.7. The van der Waals surface area contributed by atoms with Crippen molar-refractivity contribution in [2.24, 2.45) is 5.73 Å². The lowest BCUT2D eigenvalue weighted by Gasteiger charge is -2.11. The van der Waals surface area contributed by atoms with Gasteiger partial charge in [0, 0.05) is 10.0 Å². The predicted molar refractivity (Wildman–Crippen MR) is 97.6 cm³/mol. The molecule has 0 saturated heterocycles. The monoisotopic (exact) mass is 468 g/mol. The van der Waals surface area contributed by atoms with Crippen LogP contribution in [0.2, 0.25) is 0 Å². The van der Waals surface area contributed by atoms with Crippen LogP contribution in [-0.2, 0) is 10.0 Å². The third-order valence-corrected chi connectivity index (χ3v) is 7.28. The van der Waals surface area contributed by atoms with Gasteiger partial charge in [-0.1, -0.05) is 28.1 Å². The molecule has 2 aromatic rings. The van der Waals surface area contributed by atoms with E-state index in [9.17, 15) is 8.42 Å². The van der Waals surface area contributed by atoms with Gasteiger partial charge in [-0.2, -0.15) is 0 Å². The van der Waals surface area contributed by atoms with E-state index in [4.69, 9.17) is 18.0 Å². The molecule has 1 aromatic carbocycles. The summed E-state index contributed by atoms with van der Waals surface area (Å²) in [6.45, 7) is 1.83. The summed E-state index contributed by atoms with van der Waals surface area (Å²) in [5, 5.41) is 0. The summed E-state index contributed by atoms with van der Waals surface area (Å²) in [4.78, 5) is 0.123. The fourth-order valence-electron chi connectivity index (χ4n) is 1.57. The summed E-state index contributed by atoms with van der Waals surface area (Å²) < 4.78 is 29.1. The van der Waals surface area contributed by atoms with E-state index in [-0.39, 0.29) is 9.20 Å². The van der Waals surface area contributed by atoms with Crippen LogP contribution in [-0.4, -0.2) is 13.4 Å². The Kier molecular flexibility index (Phi) is 5.09. The number of hydrogen-bond acceptors (Lipinski definition) is 4. The Morgan fingerprint density at radius 1 is 1.33 bits per heavy atom. The molecule has 0 bridgehead atoms. The van der Waals surface area contributed by atoms with Crippen molar-refractivity contribution in [1.29, 1.82) is 0 Å². The van der Waals surface area contributed by atoms with Crippen LogP contribution in [0.15, 0.2) is 36.7 Å². The third kappa shape index (κ3) is 3.84. The van der Waals surface area contributed by atoms with Gasteiger partial charge in [0.25, 0.3) is 10.0 Å². The molecule has 0 amide bonds. The Balaban J connectivity index is 2.44. The van der Waals surface area contributed by atoms with Gasteiger partial charge in [-0.15, -0.1) is 11.3 Å². The van der Waals surface area contributed by atoms with Crippen molar-refractivity contribution in [1.82, 2.24) is 0 Å². The van der Waals surface area contributed by atoms with Gasteiger partial charge in [-0.3, -0.25) is 4.72 Å². The van der Waals surface area contributed by atoms with Crippen LogP contribution in [0.3, 0.4) is 0 Å². The lowest BCUT2D eigenvalue weighted by Crippen LogP contribution is -2.17. The summed E-state index contributed by atoms with van der Waals surface area (Å²) in [6, 6.07) is 6.62. The molecule has 0 aliphatic carbocycles. The highest BCUT2D eigenvalue weighted by atomic mass is 79.9. The molecule has 112 valence electrons. The van der Waals surface area contributed by atoms with E-state index in [0.717, 1.165) is 25.2 Å². The molecule has 9 heteroatoms. The number of hydrogen-bond donors (Lipinski definition) is 2. The maximum Gasteiger partial charge on any atom is 0.271 e. The van der Waals surface area contributed by atoms with Gasteiger partial charge in [0.1, 0.15) is 9.20 Å². The van der Waals surface area contributed by atoms with E-state index in [2.05, 4.69) is 36.6 Å². The second kappa shape index (κ2) is 6.33. The molecule has 0 fully saturated rings. The van der Waals surface area contributed by atoms with Crippen LogP contribution in [0.1, 0.15) is 11.1 Å². The zero-order valence-corrected chi connectivity index (χ0v) is 16.3. The van der Waals surface area contributed by atoms with Gasteiger partial charge >= 0.3 is 0 Å². The van der Waals surface area contributed by atoms with E-state index in [1.165, 1.54) is 0 Å². The van der Waals surface area contributed by atoms with Crippen LogP contribution < -0.4 is 10.5 Å². The zero-order chi connectivity index (χ0) is 15.8. The highest BCUT2D eigenvalue weighted by Gasteiger charge is 2.20. The quantitative estimate of drug-likeness (QED) is 0.663. The molecule has 0 atom stereocenters. The van der Waals surface area contributed by atoms with Crippen molar-refractivity contribution < 1.29 is 8.42 Å². The van der Waals surface area contributed by atoms with Gasteiger partial charge in [-0.05, 0) is 52.7 Å². The molecule has 0 spiro atoms. The number of benzene rings is 1. The second-order valence-electron chi connectivity index (χ2n) is 4.18. The minimum atomic E-state index is -3.68. The predicted octanol–water partition coefficient (Wildman–Crippen LogP) is 4.02. The van der Waals surface area contributed by atoms with Crippen molar-refractivity contribution in [3.63, 3.8) is 0 Å². The van der Waals surface area contributed by atoms with Crippen molar-refractivity contribution in [2.75, 3.05) is 4.72 Å². The fraction of sp³-hybridized carbons (Fsp3) is 0.0833. The first kappa shape index (κ1) is 16.9. The van der Waals surface area contributed by atoms with E-state index in [1.54, 1.807) is 24.3 Å². The lowest BCUT2D eigenvalue weighted by atomic mass is 10.2. The van der Waals surface area contributed by atoms with Crippen molar-refractivity contribution in [3.8, 4) is 0 Å². The van der Waals surface area contributed by atoms with Crippen LogP contribution in [0.5, 0.6) is 0 Å². The number of sulfonamides is 1. The average molecular weight is 470 g/mol. The molecule has 0 radical (unpaired) electrons. The second-order valence-corrected chi connectivity index (χ2v) is 9.82. The molecule has 3 N–H and O–H groups in total. The number of rotatable bonds is 4. The van der Waals surface area contributed by atoms with Crippen molar-refractivity contribution in [3.05, 3.63) is 43.7 Å². The van der Waals surface area contributed by atoms with Gasteiger partial charge in [0.15, 0.2) is 0 Å². The van der Waals surface area contributed by atoms with E-state index >= 15 is 0 Å². The van der Waals surface area contributed by atoms with Crippen molar-refractivity contribution >= 4 is 76.1 Å². The van der Waals surface area contributed by atoms with Crippen LogP contribution in [0.4, 0.5) is 5.69 Å². The van der Waals surface area contributed by atoms with E-state index in [0.29, 0.717) is 11.3 Å². The summed E-state index contributed by atoms with van der Waals surface area (Å²) in [7, 11) is -3.68. The number of anilines is 1. The smallest absolute Gasteiger partial charge is 0.271 e. The molecule has 0 saturated carbocycles. The molecular weight excluding hydrogens is 460 g/mol. The molecule has 2 rings (SSSR count). The summed E-state index contributed by atoms with van der Waals surface area (Å²) in [6.07, 6.45) is 0. The fourth-order valence-corrected chi connectivity index (χ4v) is 5.40. The normalized spacial score (nSPS) is 11.4. The average Bonchev–Trinajstić information content (AvgIpc) is 2.72. The number of thiocarbonyl (C=S) groups is 1. The standard InChI is InChI=1S/C12H10Br2N2O2S3/c1-6-4-10(20-11(6)14)21(17,18)16-9-3-2-7(13)5-8(9)12(15)19/h2-5,16H,1H3,(H2,15,19). The summed E-state index contributed by atoms with van der Waals surface area (Å²) in [5.41, 5.74) is 7.33. The molecule has 1 aromatic heterocycles. The topological polar surface area (TPSA) is 72.2 Å². The van der Waals surface area contributed by atoms with Crippen LogP contribution in [0, 0.1) is 6.92 Å². The largest absolute Gasteiger partial charge is 0.389 e. The molecule has 0 unspecified atom stereocenters. The minimum Gasteiger partial charge on any atom is -0.389 e. The number of nitrogens with one attached hydrogen (secondary N) is 1. The summed E-state index contributed by atoms with van der Waals surface area (Å²) in [5.74, 6) is 0. The number of thiophene rings is 1. The van der Waals surface area contributed by atoms with Crippen molar-refractivity contribution in [2.45, 2.75) is 11.1 Å². The Morgan fingerprint density at radius 3 is 2.52 bits per heavy atom. The highest BCUT2D eigenvalue weighted by molar-refractivity contribution is 9.11. The van der Waals surface area contributed by atoms with Gasteiger partial charge in [0.2, 0.25) is 0 Å². The number of aryl methyl sites for hydroxylation is 1. The first-order valence-corrected chi connectivity index (χ1v) is 9.88. The van der Waals surface area contributed by atoms with Crippen LogP contribution >= 0.6 is 55.4 Å². The molecule has 1 heterocycles. The number of nitrogens with two attached hydrogens (primary N) is 1. The van der Waals surface area contributed by atoms with E-state index in [1.807, 2.05) is 6.92 Å². The molecule has 4 nitrogen and oxygen atoms in total.